The van der Waals surface area contributed by atoms with Gasteiger partial charge < -0.3 is 2.85 Å². The van der Waals surface area contributed by atoms with E-state index in [1.807, 2.05) is 6.92 Å². The van der Waals surface area contributed by atoms with E-state index in [1.54, 1.807) is 12.1 Å². The molecule has 0 spiro atoms. The van der Waals surface area contributed by atoms with Crippen LogP contribution in [0.25, 0.3) is 0 Å². The molecule has 70 valence electrons. The largest absolute Gasteiger partial charge is 2.00 e. The Morgan fingerprint density at radius 3 is 2.08 bits per heavy atom. The minimum Gasteiger partial charge on any atom is -1.00 e. The number of hydrogen-bond acceptors (Lipinski definition) is 2. The van der Waals surface area contributed by atoms with Gasteiger partial charge in [0, 0.05) is 0 Å². The zero-order valence-corrected chi connectivity index (χ0v) is 10.4. The Morgan fingerprint density at radius 1 is 1.31 bits per heavy atom. The third-order valence-corrected chi connectivity index (χ3v) is 2.50. The van der Waals surface area contributed by atoms with Crippen LogP contribution in [0.1, 0.15) is 15.3 Å². The maximum absolute atomic E-state index is 10.6. The molecule has 0 heterocycles. The summed E-state index contributed by atoms with van der Waals surface area (Å²) in [5, 5.41) is 0. The van der Waals surface area contributed by atoms with Gasteiger partial charge in [-0.25, -0.2) is 0 Å². The first-order valence-electron chi connectivity index (χ1n) is 3.60. The maximum Gasteiger partial charge on any atom is 2.00 e. The third kappa shape index (κ3) is 3.95. The molecule has 1 rings (SSSR count). The molecule has 1 aromatic rings. The fourth-order valence-corrected chi connectivity index (χ4v) is 1.38. The Balaban J connectivity index is -0.000000480. The Hall–Kier alpha value is 0.390. The van der Waals surface area contributed by atoms with E-state index >= 15 is 0 Å². The molecule has 0 amide bonds. The van der Waals surface area contributed by atoms with Gasteiger partial charge in [0.05, 0.1) is 4.90 Å². The zero-order valence-electron chi connectivity index (χ0n) is 9.40. The second-order valence-electron chi connectivity index (χ2n) is 2.47. The van der Waals surface area contributed by atoms with Gasteiger partial charge in [-0.1, -0.05) is 19.1 Å². The molecule has 0 radical (unpaired) electrons. The molecule has 0 unspecified atom stereocenters. The van der Waals surface area contributed by atoms with Gasteiger partial charge in [0.2, 0.25) is 0 Å². The van der Waals surface area contributed by atoms with Gasteiger partial charge in [0.1, 0.15) is 0 Å². The van der Waals surface area contributed by atoms with Crippen LogP contribution in [0.5, 0.6) is 0 Å². The molecule has 0 saturated heterocycles. The van der Waals surface area contributed by atoms with E-state index in [2.05, 4.69) is 0 Å². The van der Waals surface area contributed by atoms with Crippen LogP contribution in [-0.4, -0.2) is 50.7 Å². The average Bonchev–Trinajstić information content (AvgIpc) is 2.03. The van der Waals surface area contributed by atoms with Crippen molar-refractivity contribution in [1.29, 1.82) is 0 Å². The van der Waals surface area contributed by atoms with Crippen LogP contribution in [0.15, 0.2) is 29.2 Å². The molecule has 0 atom stereocenters. The van der Waals surface area contributed by atoms with Crippen molar-refractivity contribution in [2.24, 2.45) is 0 Å². The Kier molecular flexibility index (Phi) is 5.47. The van der Waals surface area contributed by atoms with Gasteiger partial charge >= 0.3 is 37.7 Å². The number of benzene rings is 1. The van der Waals surface area contributed by atoms with Crippen LogP contribution in [0, 0.1) is 0 Å². The standard InChI is InChI=1S/C8H10O3S.Ca.2H/c1-2-7-3-5-8(6-4-7)12(9,10)11;;;/h3-6H,2H2,1H3,(H,9,10,11);;;/q;+2;2*-1. The molecule has 0 bridgehead atoms. The smallest absolute Gasteiger partial charge is 1.00 e. The second kappa shape index (κ2) is 5.32. The van der Waals surface area contributed by atoms with E-state index in [0.29, 0.717) is 0 Å². The van der Waals surface area contributed by atoms with E-state index in [-0.39, 0.29) is 45.5 Å². The van der Waals surface area contributed by atoms with Crippen LogP contribution in [-0.2, 0) is 16.5 Å². The van der Waals surface area contributed by atoms with Crippen molar-refractivity contribution < 1.29 is 15.8 Å². The summed E-state index contributed by atoms with van der Waals surface area (Å²) in [6.45, 7) is 1.97. The summed E-state index contributed by atoms with van der Waals surface area (Å²) in [5.41, 5.74) is 1.04. The van der Waals surface area contributed by atoms with Gasteiger partial charge in [0.15, 0.2) is 0 Å². The van der Waals surface area contributed by atoms with E-state index in [9.17, 15) is 8.42 Å². The molecule has 0 aliphatic rings. The predicted molar refractivity (Wildman–Crippen MR) is 53.6 cm³/mol. The van der Waals surface area contributed by atoms with Crippen molar-refractivity contribution in [2.45, 2.75) is 18.2 Å². The van der Waals surface area contributed by atoms with E-state index in [0.717, 1.165) is 12.0 Å². The van der Waals surface area contributed by atoms with Crippen LogP contribution >= 0.6 is 0 Å². The van der Waals surface area contributed by atoms with Crippen molar-refractivity contribution >= 4 is 47.9 Å². The third-order valence-electron chi connectivity index (χ3n) is 1.63. The first kappa shape index (κ1) is 13.4. The number of rotatable bonds is 2. The summed E-state index contributed by atoms with van der Waals surface area (Å²) < 4.78 is 29.8. The molecular weight excluding hydrogens is 216 g/mol. The predicted octanol–water partition coefficient (Wildman–Crippen LogP) is 1.34. The van der Waals surface area contributed by atoms with Crippen LogP contribution in [0.3, 0.4) is 0 Å². The monoisotopic (exact) mass is 228 g/mol. The van der Waals surface area contributed by atoms with Crippen molar-refractivity contribution in [3.63, 3.8) is 0 Å². The molecule has 0 saturated carbocycles. The number of hydrogen-bond donors (Lipinski definition) is 1. The minimum atomic E-state index is -4.03. The summed E-state index contributed by atoms with van der Waals surface area (Å²) in [7, 11) is -4.03. The van der Waals surface area contributed by atoms with Gasteiger partial charge in [-0.2, -0.15) is 8.42 Å². The van der Waals surface area contributed by atoms with E-state index in [4.69, 9.17) is 4.55 Å². The molecule has 0 aromatic heterocycles. The van der Waals surface area contributed by atoms with Crippen molar-refractivity contribution in [2.75, 3.05) is 0 Å². The summed E-state index contributed by atoms with van der Waals surface area (Å²) in [6.07, 6.45) is 0.853. The normalized spacial score (nSPS) is 10.6. The molecular formula is C8H12CaO3S. The summed E-state index contributed by atoms with van der Waals surface area (Å²) in [4.78, 5) is -0.0558. The molecule has 0 fully saturated rings. The van der Waals surface area contributed by atoms with Crippen LogP contribution < -0.4 is 0 Å². The SMILES string of the molecule is CCc1ccc(S(=O)(=O)O)cc1.[Ca+2].[H-].[H-]. The Bertz CT molecular complexity index is 364. The fraction of sp³-hybridized carbons (Fsp3) is 0.250. The molecule has 1 N–H and O–H groups in total. The molecule has 3 nitrogen and oxygen atoms in total. The van der Waals surface area contributed by atoms with Gasteiger partial charge in [-0.05, 0) is 24.1 Å². The number of aryl methyl sites for hydroxylation is 1. The van der Waals surface area contributed by atoms with E-state index < -0.39 is 10.1 Å². The van der Waals surface area contributed by atoms with Gasteiger partial charge in [0.25, 0.3) is 10.1 Å². The Labute approximate surface area is 111 Å². The Morgan fingerprint density at radius 2 is 1.77 bits per heavy atom. The van der Waals surface area contributed by atoms with Gasteiger partial charge in [-0.15, -0.1) is 0 Å². The summed E-state index contributed by atoms with van der Waals surface area (Å²) >= 11 is 0. The first-order chi connectivity index (χ1) is 5.54. The van der Waals surface area contributed by atoms with Crippen LogP contribution in [0.2, 0.25) is 0 Å². The summed E-state index contributed by atoms with van der Waals surface area (Å²) in [6, 6.07) is 6.16. The second-order valence-corrected chi connectivity index (χ2v) is 3.89. The van der Waals surface area contributed by atoms with Gasteiger partial charge in [-0.3, -0.25) is 4.55 Å². The topological polar surface area (TPSA) is 54.4 Å². The summed E-state index contributed by atoms with van der Waals surface area (Å²) in [5.74, 6) is 0. The molecule has 0 aliphatic carbocycles. The minimum absolute atomic E-state index is 0. The first-order valence-corrected chi connectivity index (χ1v) is 5.04. The quantitative estimate of drug-likeness (QED) is 0.614. The molecule has 13 heavy (non-hydrogen) atoms. The molecule has 1 aromatic carbocycles. The molecule has 0 aliphatic heterocycles. The average molecular weight is 228 g/mol. The van der Waals surface area contributed by atoms with Crippen molar-refractivity contribution in [1.82, 2.24) is 0 Å². The van der Waals surface area contributed by atoms with Crippen molar-refractivity contribution in [3.05, 3.63) is 29.8 Å². The van der Waals surface area contributed by atoms with Crippen LogP contribution in [0.4, 0.5) is 0 Å². The van der Waals surface area contributed by atoms with Crippen molar-refractivity contribution in [3.8, 4) is 0 Å². The fourth-order valence-electron chi connectivity index (χ4n) is 0.897. The zero-order chi connectivity index (χ0) is 9.19. The van der Waals surface area contributed by atoms with E-state index in [1.165, 1.54) is 12.1 Å². The molecule has 5 heteroatoms. The maximum atomic E-state index is 10.6.